The van der Waals surface area contributed by atoms with E-state index in [-0.39, 0.29) is 23.8 Å². The summed E-state index contributed by atoms with van der Waals surface area (Å²) in [6.45, 7) is 2.33. The van der Waals surface area contributed by atoms with Crippen LogP contribution in [0.1, 0.15) is 10.4 Å². The average molecular weight is 340 g/mol. The maximum atomic E-state index is 12.2. The fourth-order valence-electron chi connectivity index (χ4n) is 2.80. The second-order valence-corrected chi connectivity index (χ2v) is 5.80. The van der Waals surface area contributed by atoms with Crippen LogP contribution in [0.15, 0.2) is 54.6 Å². The molecule has 0 atom stereocenters. The lowest BCUT2D eigenvalue weighted by Gasteiger charge is -2.36. The van der Waals surface area contributed by atoms with Gasteiger partial charge in [-0.25, -0.2) is 4.79 Å². The van der Waals surface area contributed by atoms with Gasteiger partial charge in [0.15, 0.2) is 6.61 Å². The Morgan fingerprint density at radius 2 is 1.56 bits per heavy atom. The quantitative estimate of drug-likeness (QED) is 0.861. The third-order valence-corrected chi connectivity index (χ3v) is 4.20. The van der Waals surface area contributed by atoms with Gasteiger partial charge in [0.05, 0.1) is 0 Å². The molecule has 0 saturated carbocycles. The number of piperazine rings is 1. The number of nitrogens with zero attached hydrogens (tertiary/aromatic N) is 2. The largest absolute Gasteiger partial charge is 0.507 e. The summed E-state index contributed by atoms with van der Waals surface area (Å²) in [5, 5.41) is 9.63. The molecular formula is C19H20N2O4. The van der Waals surface area contributed by atoms with Gasteiger partial charge in [-0.05, 0) is 24.3 Å². The van der Waals surface area contributed by atoms with Crippen LogP contribution in [0.3, 0.4) is 0 Å². The van der Waals surface area contributed by atoms with E-state index in [1.54, 1.807) is 17.0 Å². The molecule has 6 nitrogen and oxygen atoms in total. The zero-order chi connectivity index (χ0) is 17.6. The summed E-state index contributed by atoms with van der Waals surface area (Å²) in [4.78, 5) is 28.1. The molecular weight excluding hydrogens is 320 g/mol. The number of hydrogen-bond acceptors (Lipinski definition) is 5. The normalized spacial score (nSPS) is 14.2. The second kappa shape index (κ2) is 7.70. The highest BCUT2D eigenvalue weighted by Crippen LogP contribution is 2.17. The Morgan fingerprint density at radius 1 is 0.920 bits per heavy atom. The number of carbonyl (C=O) groups excluding carboxylic acids is 2. The van der Waals surface area contributed by atoms with E-state index in [9.17, 15) is 14.7 Å². The van der Waals surface area contributed by atoms with E-state index in [1.165, 1.54) is 12.1 Å². The number of hydrogen-bond donors (Lipinski definition) is 1. The Morgan fingerprint density at radius 3 is 2.24 bits per heavy atom. The van der Waals surface area contributed by atoms with Gasteiger partial charge in [0, 0.05) is 31.9 Å². The molecule has 2 aromatic rings. The summed E-state index contributed by atoms with van der Waals surface area (Å²) in [6.07, 6.45) is 0. The molecule has 1 heterocycles. The number of rotatable bonds is 4. The molecule has 2 aromatic carbocycles. The Hall–Kier alpha value is -3.02. The number of esters is 1. The van der Waals surface area contributed by atoms with Crippen LogP contribution in [0.4, 0.5) is 5.69 Å². The fraction of sp³-hybridized carbons (Fsp3) is 0.263. The number of para-hydroxylation sites is 2. The number of anilines is 1. The van der Waals surface area contributed by atoms with Crippen molar-refractivity contribution in [2.45, 2.75) is 0 Å². The topological polar surface area (TPSA) is 70.1 Å². The minimum Gasteiger partial charge on any atom is -0.507 e. The minimum atomic E-state index is -0.700. The van der Waals surface area contributed by atoms with Gasteiger partial charge in [0.25, 0.3) is 5.91 Å². The predicted octanol–water partition coefficient (Wildman–Crippen LogP) is 1.90. The van der Waals surface area contributed by atoms with Crippen molar-refractivity contribution in [1.29, 1.82) is 0 Å². The summed E-state index contributed by atoms with van der Waals surface area (Å²) < 4.78 is 5.03. The van der Waals surface area contributed by atoms with Crippen LogP contribution in [0, 0.1) is 0 Å². The Labute approximate surface area is 146 Å². The van der Waals surface area contributed by atoms with Crippen LogP contribution in [-0.2, 0) is 9.53 Å². The SMILES string of the molecule is O=C(OCC(=O)N1CCN(c2ccccc2)CC1)c1ccccc1O. The summed E-state index contributed by atoms with van der Waals surface area (Å²) in [6, 6.07) is 16.2. The van der Waals surface area contributed by atoms with Crippen molar-refractivity contribution in [2.24, 2.45) is 0 Å². The summed E-state index contributed by atoms with van der Waals surface area (Å²) in [7, 11) is 0. The highest BCUT2D eigenvalue weighted by atomic mass is 16.5. The van der Waals surface area contributed by atoms with E-state index in [4.69, 9.17) is 4.74 Å². The third kappa shape index (κ3) is 4.09. The number of ether oxygens (including phenoxy) is 1. The van der Waals surface area contributed by atoms with Crippen molar-refractivity contribution in [1.82, 2.24) is 4.90 Å². The van der Waals surface area contributed by atoms with Gasteiger partial charge in [-0.1, -0.05) is 30.3 Å². The third-order valence-electron chi connectivity index (χ3n) is 4.20. The first-order valence-electron chi connectivity index (χ1n) is 8.18. The molecule has 0 unspecified atom stereocenters. The van der Waals surface area contributed by atoms with Crippen molar-refractivity contribution >= 4 is 17.6 Å². The minimum absolute atomic E-state index is 0.0594. The van der Waals surface area contributed by atoms with Crippen LogP contribution < -0.4 is 4.90 Å². The molecule has 1 amide bonds. The van der Waals surface area contributed by atoms with Gasteiger partial charge >= 0.3 is 5.97 Å². The lowest BCUT2D eigenvalue weighted by atomic mass is 10.2. The highest BCUT2D eigenvalue weighted by molar-refractivity contribution is 5.93. The van der Waals surface area contributed by atoms with E-state index in [2.05, 4.69) is 4.90 Å². The van der Waals surface area contributed by atoms with E-state index >= 15 is 0 Å². The monoisotopic (exact) mass is 340 g/mol. The van der Waals surface area contributed by atoms with Crippen LogP contribution in [0.5, 0.6) is 5.75 Å². The predicted molar refractivity (Wildman–Crippen MR) is 93.6 cm³/mol. The number of aromatic hydroxyl groups is 1. The summed E-state index contributed by atoms with van der Waals surface area (Å²) >= 11 is 0. The summed E-state index contributed by atoms with van der Waals surface area (Å²) in [5.41, 5.74) is 1.20. The molecule has 130 valence electrons. The summed E-state index contributed by atoms with van der Waals surface area (Å²) in [5.74, 6) is -1.08. The smallest absolute Gasteiger partial charge is 0.342 e. The van der Waals surface area contributed by atoms with E-state index in [0.29, 0.717) is 13.1 Å². The first-order valence-corrected chi connectivity index (χ1v) is 8.18. The molecule has 0 bridgehead atoms. The molecule has 3 rings (SSSR count). The lowest BCUT2D eigenvalue weighted by molar-refractivity contribution is -0.134. The Balaban J connectivity index is 1.48. The molecule has 1 aliphatic rings. The Kier molecular flexibility index (Phi) is 5.18. The van der Waals surface area contributed by atoms with Crippen LogP contribution >= 0.6 is 0 Å². The van der Waals surface area contributed by atoms with Crippen molar-refractivity contribution in [3.63, 3.8) is 0 Å². The van der Waals surface area contributed by atoms with Gasteiger partial charge in [-0.15, -0.1) is 0 Å². The fourth-order valence-corrected chi connectivity index (χ4v) is 2.80. The molecule has 0 aliphatic carbocycles. The lowest BCUT2D eigenvalue weighted by Crippen LogP contribution is -2.49. The van der Waals surface area contributed by atoms with Crippen LogP contribution in [0.25, 0.3) is 0 Å². The zero-order valence-electron chi connectivity index (χ0n) is 13.8. The number of benzene rings is 2. The highest BCUT2D eigenvalue weighted by Gasteiger charge is 2.22. The molecule has 1 saturated heterocycles. The number of carbonyl (C=O) groups is 2. The van der Waals surface area contributed by atoms with E-state index in [1.807, 2.05) is 30.3 Å². The van der Waals surface area contributed by atoms with Gasteiger partial charge in [0.1, 0.15) is 11.3 Å². The molecule has 0 aromatic heterocycles. The number of phenols is 1. The van der Waals surface area contributed by atoms with Crippen molar-refractivity contribution in [3.8, 4) is 5.75 Å². The van der Waals surface area contributed by atoms with Crippen molar-refractivity contribution in [3.05, 3.63) is 60.2 Å². The first-order chi connectivity index (χ1) is 12.1. The molecule has 0 radical (unpaired) electrons. The second-order valence-electron chi connectivity index (χ2n) is 5.80. The van der Waals surface area contributed by atoms with Gasteiger partial charge < -0.3 is 19.6 Å². The standard InChI is InChI=1S/C19H20N2O4/c22-17-9-5-4-8-16(17)19(24)25-14-18(23)21-12-10-20(11-13-21)15-6-2-1-3-7-15/h1-9,22H,10-14H2. The van der Waals surface area contributed by atoms with Crippen molar-refractivity contribution < 1.29 is 19.4 Å². The maximum absolute atomic E-state index is 12.2. The number of phenolic OH excluding ortho intramolecular Hbond substituents is 1. The Bertz CT molecular complexity index is 740. The molecule has 1 aliphatic heterocycles. The molecule has 25 heavy (non-hydrogen) atoms. The molecule has 1 N–H and O–H groups in total. The van der Waals surface area contributed by atoms with E-state index < -0.39 is 5.97 Å². The van der Waals surface area contributed by atoms with E-state index in [0.717, 1.165) is 18.8 Å². The van der Waals surface area contributed by atoms with Gasteiger partial charge in [-0.3, -0.25) is 4.79 Å². The van der Waals surface area contributed by atoms with Crippen LogP contribution in [-0.4, -0.2) is 54.7 Å². The maximum Gasteiger partial charge on any atom is 0.342 e. The first kappa shape index (κ1) is 16.8. The van der Waals surface area contributed by atoms with Gasteiger partial charge in [0.2, 0.25) is 0 Å². The molecule has 6 heteroatoms. The van der Waals surface area contributed by atoms with Gasteiger partial charge in [-0.2, -0.15) is 0 Å². The average Bonchev–Trinajstić information content (AvgIpc) is 2.67. The molecule has 0 spiro atoms. The van der Waals surface area contributed by atoms with Crippen molar-refractivity contribution in [2.75, 3.05) is 37.7 Å². The van der Waals surface area contributed by atoms with Crippen LogP contribution in [0.2, 0.25) is 0 Å². The zero-order valence-corrected chi connectivity index (χ0v) is 13.8. The molecule has 1 fully saturated rings. The number of amides is 1.